The summed E-state index contributed by atoms with van der Waals surface area (Å²) in [4.78, 5) is 16.9. The van der Waals surface area contributed by atoms with Crippen LogP contribution < -0.4 is 19.5 Å². The molecule has 152 valence electrons. The van der Waals surface area contributed by atoms with Gasteiger partial charge in [-0.2, -0.15) is 0 Å². The average molecular weight is 422 g/mol. The molecule has 7 nitrogen and oxygen atoms in total. The van der Waals surface area contributed by atoms with Gasteiger partial charge in [0.1, 0.15) is 5.69 Å². The molecule has 0 aliphatic carbocycles. The number of hydrogen-bond acceptors (Lipinski definition) is 7. The molecule has 0 saturated heterocycles. The number of hydrogen-bond donors (Lipinski definition) is 1. The van der Waals surface area contributed by atoms with Crippen molar-refractivity contribution in [3.8, 4) is 28.7 Å². The van der Waals surface area contributed by atoms with Crippen molar-refractivity contribution in [1.29, 1.82) is 0 Å². The molecule has 4 aromatic rings. The van der Waals surface area contributed by atoms with Crippen molar-refractivity contribution in [3.63, 3.8) is 0 Å². The Hall–Kier alpha value is -3.52. The van der Waals surface area contributed by atoms with Crippen LogP contribution in [0.15, 0.2) is 52.3 Å². The second-order valence-corrected chi connectivity index (χ2v) is 7.53. The first-order valence-corrected chi connectivity index (χ1v) is 10.4. The van der Waals surface area contributed by atoms with E-state index in [2.05, 4.69) is 10.3 Å². The number of nitrogens with one attached hydrogen (secondary N) is 1. The lowest BCUT2D eigenvalue weighted by molar-refractivity contribution is -0.115. The maximum absolute atomic E-state index is 12.4. The molecule has 2 aromatic heterocycles. The van der Waals surface area contributed by atoms with Crippen molar-refractivity contribution in [1.82, 2.24) is 4.98 Å². The van der Waals surface area contributed by atoms with Crippen molar-refractivity contribution in [2.75, 3.05) is 18.7 Å². The van der Waals surface area contributed by atoms with Crippen LogP contribution in [0, 0.1) is 0 Å². The molecule has 0 spiro atoms. The highest BCUT2D eigenvalue weighted by molar-refractivity contribution is 7.14. The third-order valence-electron chi connectivity index (χ3n) is 4.61. The predicted octanol–water partition coefficient (Wildman–Crippen LogP) is 4.86. The minimum atomic E-state index is -0.155. The molecule has 2 aromatic carbocycles. The second-order valence-electron chi connectivity index (χ2n) is 6.67. The van der Waals surface area contributed by atoms with Crippen LogP contribution >= 0.6 is 11.3 Å². The summed E-state index contributed by atoms with van der Waals surface area (Å²) in [6, 6.07) is 13.2. The zero-order valence-electron chi connectivity index (χ0n) is 16.1. The average Bonchev–Trinajstić information content (AvgIpc) is 3.47. The SMILES string of the molecule is CCOc1cccc2cc(-c3csc(NC(=O)Cc4ccc5c(c4)OCO5)n3)oc12. The molecule has 1 aliphatic heterocycles. The summed E-state index contributed by atoms with van der Waals surface area (Å²) < 4.78 is 22.3. The van der Waals surface area contributed by atoms with Crippen molar-refractivity contribution in [2.24, 2.45) is 0 Å². The molecule has 0 atom stereocenters. The van der Waals surface area contributed by atoms with Gasteiger partial charge in [0.05, 0.1) is 13.0 Å². The highest BCUT2D eigenvalue weighted by Crippen LogP contribution is 2.35. The van der Waals surface area contributed by atoms with Gasteiger partial charge < -0.3 is 23.9 Å². The number of nitrogens with zero attached hydrogens (tertiary/aromatic N) is 1. The zero-order valence-corrected chi connectivity index (χ0v) is 17.0. The summed E-state index contributed by atoms with van der Waals surface area (Å²) in [6.07, 6.45) is 0.216. The molecule has 8 heteroatoms. The van der Waals surface area contributed by atoms with E-state index in [1.807, 2.05) is 54.8 Å². The maximum atomic E-state index is 12.4. The number of anilines is 1. The lowest BCUT2D eigenvalue weighted by Crippen LogP contribution is -2.14. The monoisotopic (exact) mass is 422 g/mol. The fourth-order valence-electron chi connectivity index (χ4n) is 3.28. The largest absolute Gasteiger partial charge is 0.490 e. The molecule has 30 heavy (non-hydrogen) atoms. The number of amides is 1. The smallest absolute Gasteiger partial charge is 0.231 e. The van der Waals surface area contributed by atoms with E-state index in [0.29, 0.717) is 46.0 Å². The van der Waals surface area contributed by atoms with Gasteiger partial charge in [0, 0.05) is 10.8 Å². The minimum Gasteiger partial charge on any atom is -0.490 e. The molecule has 5 rings (SSSR count). The quantitative estimate of drug-likeness (QED) is 0.478. The van der Waals surface area contributed by atoms with Gasteiger partial charge in [-0.25, -0.2) is 4.98 Å². The van der Waals surface area contributed by atoms with Crippen LogP contribution in [0.4, 0.5) is 5.13 Å². The normalized spacial score (nSPS) is 12.3. The number of carbonyl (C=O) groups excluding carboxylic acids is 1. The summed E-state index contributed by atoms with van der Waals surface area (Å²) in [5.41, 5.74) is 2.20. The summed E-state index contributed by atoms with van der Waals surface area (Å²) in [7, 11) is 0. The fraction of sp³-hybridized carbons (Fsp3) is 0.182. The van der Waals surface area contributed by atoms with Crippen molar-refractivity contribution in [3.05, 3.63) is 53.4 Å². The summed E-state index contributed by atoms with van der Waals surface area (Å²) in [5.74, 6) is 2.53. The molecule has 0 radical (unpaired) electrons. The Labute approximate surface area is 176 Å². The van der Waals surface area contributed by atoms with Crippen LogP contribution in [0.5, 0.6) is 17.2 Å². The number of para-hydroxylation sites is 1. The zero-order chi connectivity index (χ0) is 20.5. The van der Waals surface area contributed by atoms with Gasteiger partial charge >= 0.3 is 0 Å². The highest BCUT2D eigenvalue weighted by atomic mass is 32.1. The van der Waals surface area contributed by atoms with Gasteiger partial charge in [-0.3, -0.25) is 4.79 Å². The van der Waals surface area contributed by atoms with Gasteiger partial charge in [-0.15, -0.1) is 11.3 Å². The molecule has 0 bridgehead atoms. The Morgan fingerprint density at radius 2 is 2.10 bits per heavy atom. The molecule has 1 N–H and O–H groups in total. The van der Waals surface area contributed by atoms with Crippen LogP contribution in [-0.4, -0.2) is 24.3 Å². The number of ether oxygens (including phenoxy) is 3. The highest BCUT2D eigenvalue weighted by Gasteiger charge is 2.16. The van der Waals surface area contributed by atoms with Gasteiger partial charge in [0.25, 0.3) is 0 Å². The minimum absolute atomic E-state index is 0.155. The number of rotatable bonds is 6. The van der Waals surface area contributed by atoms with E-state index in [1.54, 1.807) is 0 Å². The Kier molecular flexibility index (Phi) is 4.76. The van der Waals surface area contributed by atoms with E-state index in [4.69, 9.17) is 18.6 Å². The van der Waals surface area contributed by atoms with Crippen LogP contribution in [-0.2, 0) is 11.2 Å². The number of benzene rings is 2. The van der Waals surface area contributed by atoms with E-state index >= 15 is 0 Å². The molecular weight excluding hydrogens is 404 g/mol. The maximum Gasteiger partial charge on any atom is 0.231 e. The molecule has 1 amide bonds. The standard InChI is InChI=1S/C22H18N2O5S/c1-2-26-17-5-3-4-14-10-18(29-21(14)17)15-11-30-22(23-15)24-20(25)9-13-6-7-16-19(8-13)28-12-27-16/h3-8,10-11H,2,9,12H2,1H3,(H,23,24,25). The predicted molar refractivity (Wildman–Crippen MR) is 113 cm³/mol. The van der Waals surface area contributed by atoms with Gasteiger partial charge in [-0.1, -0.05) is 18.2 Å². The van der Waals surface area contributed by atoms with Gasteiger partial charge in [0.2, 0.25) is 12.7 Å². The van der Waals surface area contributed by atoms with Crippen molar-refractivity contribution >= 4 is 33.3 Å². The number of carbonyl (C=O) groups is 1. The van der Waals surface area contributed by atoms with Crippen LogP contribution in [0.3, 0.4) is 0 Å². The van der Waals surface area contributed by atoms with Crippen molar-refractivity contribution in [2.45, 2.75) is 13.3 Å². The summed E-state index contributed by atoms with van der Waals surface area (Å²) in [5, 5.41) is 6.16. The van der Waals surface area contributed by atoms with Crippen LogP contribution in [0.25, 0.3) is 22.4 Å². The van der Waals surface area contributed by atoms with Gasteiger partial charge in [0.15, 0.2) is 33.7 Å². The Bertz CT molecular complexity index is 1230. The topological polar surface area (TPSA) is 82.8 Å². The van der Waals surface area contributed by atoms with Crippen molar-refractivity contribution < 1.29 is 23.4 Å². The van der Waals surface area contributed by atoms with E-state index < -0.39 is 0 Å². The lowest BCUT2D eigenvalue weighted by Gasteiger charge is -2.03. The number of fused-ring (bicyclic) bond motifs is 2. The Balaban J connectivity index is 1.30. The third-order valence-corrected chi connectivity index (χ3v) is 5.37. The molecule has 0 unspecified atom stereocenters. The van der Waals surface area contributed by atoms with E-state index in [0.717, 1.165) is 10.9 Å². The molecule has 0 saturated carbocycles. The third kappa shape index (κ3) is 3.57. The second kappa shape index (κ2) is 7.72. The van der Waals surface area contributed by atoms with E-state index in [1.165, 1.54) is 11.3 Å². The summed E-state index contributed by atoms with van der Waals surface area (Å²) >= 11 is 1.35. The Morgan fingerprint density at radius 1 is 1.20 bits per heavy atom. The first-order chi connectivity index (χ1) is 14.7. The van der Waals surface area contributed by atoms with Crippen LogP contribution in [0.1, 0.15) is 12.5 Å². The molecule has 3 heterocycles. The first-order valence-electron chi connectivity index (χ1n) is 9.49. The summed E-state index contributed by atoms with van der Waals surface area (Å²) in [6.45, 7) is 2.70. The van der Waals surface area contributed by atoms with Crippen LogP contribution in [0.2, 0.25) is 0 Å². The fourth-order valence-corrected chi connectivity index (χ4v) is 3.99. The molecular formula is C22H18N2O5S. The first kappa shape index (κ1) is 18.5. The number of furan rings is 1. The molecule has 1 aliphatic rings. The van der Waals surface area contributed by atoms with E-state index in [-0.39, 0.29) is 19.1 Å². The Morgan fingerprint density at radius 3 is 3.00 bits per heavy atom. The van der Waals surface area contributed by atoms with E-state index in [9.17, 15) is 4.79 Å². The van der Waals surface area contributed by atoms with Gasteiger partial charge in [-0.05, 0) is 36.8 Å². The number of thiazole rings is 1. The number of aromatic nitrogens is 1. The lowest BCUT2D eigenvalue weighted by atomic mass is 10.1. The molecule has 0 fully saturated rings.